The van der Waals surface area contributed by atoms with E-state index in [2.05, 4.69) is 21.8 Å². The van der Waals surface area contributed by atoms with Crippen LogP contribution in [-0.4, -0.2) is 22.4 Å². The summed E-state index contributed by atoms with van der Waals surface area (Å²) in [7, 11) is 0. The van der Waals surface area contributed by atoms with Gasteiger partial charge in [0.25, 0.3) is 0 Å². The van der Waals surface area contributed by atoms with Crippen LogP contribution in [0.15, 0.2) is 84.9 Å². The monoisotopic (exact) mass is 484 g/mol. The normalized spacial score (nSPS) is 11.4. The number of carbonyl (C=O) groups is 1. The average molecular weight is 485 g/mol. The van der Waals surface area contributed by atoms with E-state index in [1.165, 1.54) is 0 Å². The number of nitrogen functional groups attached to an aromatic ring is 1. The van der Waals surface area contributed by atoms with Gasteiger partial charge in [-0.05, 0) is 48.2 Å². The Labute approximate surface area is 209 Å². The van der Waals surface area contributed by atoms with Crippen LogP contribution in [0.4, 0.5) is 10.6 Å². The van der Waals surface area contributed by atoms with Crippen molar-refractivity contribution in [1.82, 2.24) is 20.4 Å². The Balaban J connectivity index is 1.38. The number of rotatable bonds is 8. The number of nitriles is 1. The molecule has 0 saturated heterocycles. The van der Waals surface area contributed by atoms with Crippen LogP contribution in [0.1, 0.15) is 34.8 Å². The first-order valence-electron chi connectivity index (χ1n) is 11.2. The number of para-hydroxylation sites is 1. The van der Waals surface area contributed by atoms with Gasteiger partial charge >= 0.3 is 6.03 Å². The van der Waals surface area contributed by atoms with Gasteiger partial charge in [0, 0.05) is 11.6 Å². The fourth-order valence-corrected chi connectivity index (χ4v) is 4.07. The van der Waals surface area contributed by atoms with Gasteiger partial charge in [-0.2, -0.15) is 10.4 Å². The minimum atomic E-state index is -0.346. The van der Waals surface area contributed by atoms with Crippen molar-refractivity contribution in [2.24, 2.45) is 0 Å². The number of nitrogens with two attached hydrogens (primary N) is 1. The number of aromatic nitrogens is 2. The van der Waals surface area contributed by atoms with Gasteiger partial charge in [0.1, 0.15) is 17.5 Å². The third kappa shape index (κ3) is 5.81. The lowest BCUT2D eigenvalue weighted by Gasteiger charge is -2.20. The molecular weight excluding hydrogens is 460 g/mol. The van der Waals surface area contributed by atoms with E-state index in [1.807, 2.05) is 78.9 Å². The highest BCUT2D eigenvalue weighted by molar-refractivity contribution is 6.30. The van der Waals surface area contributed by atoms with E-state index >= 15 is 0 Å². The van der Waals surface area contributed by atoms with E-state index in [0.29, 0.717) is 41.5 Å². The lowest BCUT2D eigenvalue weighted by molar-refractivity contribution is 0.238. The molecule has 2 amide bonds. The van der Waals surface area contributed by atoms with Crippen molar-refractivity contribution in [2.75, 3.05) is 12.3 Å². The van der Waals surface area contributed by atoms with Crippen molar-refractivity contribution in [1.29, 1.82) is 5.26 Å². The molecule has 4 N–H and O–H groups in total. The standard InChI is InChI=1S/C27H25ClN6O/c28-21-12-7-11-20(17-21)25(19-9-3-1-4-10-19)32-27(35)31-16-8-15-24-23(18-29)26(30)34(33-24)22-13-5-2-6-14-22/h1-7,9-14,17,25H,8,15-16,30H2,(H2,31,32,35). The molecule has 176 valence electrons. The van der Waals surface area contributed by atoms with Crippen molar-refractivity contribution in [3.05, 3.63) is 112 Å². The quantitative estimate of drug-likeness (QED) is 0.306. The summed E-state index contributed by atoms with van der Waals surface area (Å²) >= 11 is 6.18. The van der Waals surface area contributed by atoms with E-state index in [1.54, 1.807) is 10.7 Å². The van der Waals surface area contributed by atoms with Crippen LogP contribution in [-0.2, 0) is 6.42 Å². The van der Waals surface area contributed by atoms with Crippen molar-refractivity contribution >= 4 is 23.4 Å². The van der Waals surface area contributed by atoms with E-state index in [-0.39, 0.29) is 12.1 Å². The number of nitrogens with one attached hydrogen (secondary N) is 2. The van der Waals surface area contributed by atoms with E-state index in [4.69, 9.17) is 17.3 Å². The Hall–Kier alpha value is -4.28. The number of carbonyl (C=O) groups excluding carboxylic acids is 1. The topological polar surface area (TPSA) is 109 Å². The fourth-order valence-electron chi connectivity index (χ4n) is 3.87. The van der Waals surface area contributed by atoms with Crippen molar-refractivity contribution in [2.45, 2.75) is 18.9 Å². The zero-order chi connectivity index (χ0) is 24.6. The van der Waals surface area contributed by atoms with Crippen molar-refractivity contribution < 1.29 is 4.79 Å². The molecule has 1 aromatic heterocycles. The largest absolute Gasteiger partial charge is 0.382 e. The third-order valence-electron chi connectivity index (χ3n) is 5.57. The maximum absolute atomic E-state index is 12.7. The van der Waals surface area contributed by atoms with Crippen LogP contribution < -0.4 is 16.4 Å². The molecule has 35 heavy (non-hydrogen) atoms. The third-order valence-corrected chi connectivity index (χ3v) is 5.81. The SMILES string of the molecule is N#Cc1c(CCCNC(=O)NC(c2ccccc2)c2cccc(Cl)c2)nn(-c2ccccc2)c1N. The first-order chi connectivity index (χ1) is 17.1. The number of amides is 2. The second-order valence-corrected chi connectivity index (χ2v) is 8.41. The lowest BCUT2D eigenvalue weighted by atomic mass is 9.99. The predicted octanol–water partition coefficient (Wildman–Crippen LogP) is 5.00. The molecule has 3 aromatic carbocycles. The molecule has 0 radical (unpaired) electrons. The van der Waals surface area contributed by atoms with Crippen LogP contribution in [0.3, 0.4) is 0 Å². The molecular formula is C27H25ClN6O. The zero-order valence-corrected chi connectivity index (χ0v) is 19.7. The molecule has 4 aromatic rings. The van der Waals surface area contributed by atoms with Crippen LogP contribution in [0.25, 0.3) is 5.69 Å². The molecule has 4 rings (SSSR count). The van der Waals surface area contributed by atoms with Gasteiger partial charge < -0.3 is 16.4 Å². The van der Waals surface area contributed by atoms with Crippen LogP contribution in [0, 0.1) is 11.3 Å². The zero-order valence-electron chi connectivity index (χ0n) is 19.0. The Morgan fingerprint density at radius 1 is 1.03 bits per heavy atom. The first-order valence-corrected chi connectivity index (χ1v) is 11.6. The van der Waals surface area contributed by atoms with Gasteiger partial charge in [-0.1, -0.05) is 72.3 Å². The Morgan fingerprint density at radius 3 is 2.40 bits per heavy atom. The van der Waals surface area contributed by atoms with Gasteiger partial charge in [-0.3, -0.25) is 0 Å². The van der Waals surface area contributed by atoms with Crippen LogP contribution >= 0.6 is 11.6 Å². The molecule has 0 spiro atoms. The van der Waals surface area contributed by atoms with Crippen molar-refractivity contribution in [3.63, 3.8) is 0 Å². The molecule has 0 aliphatic rings. The molecule has 0 bridgehead atoms. The van der Waals surface area contributed by atoms with E-state index in [0.717, 1.165) is 16.8 Å². The molecule has 0 fully saturated rings. The predicted molar refractivity (Wildman–Crippen MR) is 137 cm³/mol. The number of nitrogens with zero attached hydrogens (tertiary/aromatic N) is 3. The summed E-state index contributed by atoms with van der Waals surface area (Å²) in [6, 6.07) is 28.1. The second-order valence-electron chi connectivity index (χ2n) is 7.97. The summed E-state index contributed by atoms with van der Waals surface area (Å²) in [6.45, 7) is 0.409. The molecule has 1 unspecified atom stereocenters. The van der Waals surface area contributed by atoms with E-state index in [9.17, 15) is 10.1 Å². The summed E-state index contributed by atoms with van der Waals surface area (Å²) < 4.78 is 1.57. The van der Waals surface area contributed by atoms with Gasteiger partial charge in [0.2, 0.25) is 0 Å². The van der Waals surface area contributed by atoms with Crippen LogP contribution in [0.5, 0.6) is 0 Å². The minimum Gasteiger partial charge on any atom is -0.382 e. The summed E-state index contributed by atoms with van der Waals surface area (Å²) in [5.74, 6) is 0.312. The average Bonchev–Trinajstić information content (AvgIpc) is 3.21. The number of hydrogen-bond donors (Lipinski definition) is 3. The summed E-state index contributed by atoms with van der Waals surface area (Å²) in [6.07, 6.45) is 1.10. The number of hydrogen-bond acceptors (Lipinski definition) is 4. The minimum absolute atomic E-state index is 0.298. The van der Waals surface area contributed by atoms with Crippen molar-refractivity contribution in [3.8, 4) is 11.8 Å². The summed E-state index contributed by atoms with van der Waals surface area (Å²) in [4.78, 5) is 12.7. The number of urea groups is 1. The molecule has 8 heteroatoms. The van der Waals surface area contributed by atoms with Gasteiger partial charge in [0.05, 0.1) is 17.4 Å². The summed E-state index contributed by atoms with van der Waals surface area (Å²) in [5.41, 5.74) is 9.76. The Morgan fingerprint density at radius 2 is 1.71 bits per heavy atom. The number of aryl methyl sites for hydroxylation is 1. The maximum atomic E-state index is 12.7. The molecule has 7 nitrogen and oxygen atoms in total. The number of benzene rings is 3. The van der Waals surface area contributed by atoms with Gasteiger partial charge in [0.15, 0.2) is 0 Å². The van der Waals surface area contributed by atoms with Gasteiger partial charge in [-0.25, -0.2) is 9.48 Å². The number of anilines is 1. The fraction of sp³-hybridized carbons (Fsp3) is 0.148. The van der Waals surface area contributed by atoms with Gasteiger partial charge in [-0.15, -0.1) is 0 Å². The molecule has 0 aliphatic carbocycles. The van der Waals surface area contributed by atoms with E-state index < -0.39 is 0 Å². The summed E-state index contributed by atoms with van der Waals surface area (Å²) in [5, 5.41) is 20.6. The highest BCUT2D eigenvalue weighted by atomic mass is 35.5. The lowest BCUT2D eigenvalue weighted by Crippen LogP contribution is -2.39. The highest BCUT2D eigenvalue weighted by Gasteiger charge is 2.18. The van der Waals surface area contributed by atoms with Crippen LogP contribution in [0.2, 0.25) is 5.02 Å². The molecule has 1 heterocycles. The Bertz CT molecular complexity index is 1330. The highest BCUT2D eigenvalue weighted by Crippen LogP contribution is 2.24. The molecule has 1 atom stereocenters. The molecule has 0 aliphatic heterocycles. The Kier molecular flexibility index (Phi) is 7.66. The first kappa shape index (κ1) is 23.9. The maximum Gasteiger partial charge on any atom is 0.315 e. The molecule has 0 saturated carbocycles. The second kappa shape index (κ2) is 11.2. The smallest absolute Gasteiger partial charge is 0.315 e. The number of halogens is 1.